The van der Waals surface area contributed by atoms with Crippen LogP contribution in [0.3, 0.4) is 0 Å². The highest BCUT2D eigenvalue weighted by atomic mass is 32.2. The average Bonchev–Trinajstić information content (AvgIpc) is 2.75. The third kappa shape index (κ3) is 5.30. The number of rotatable bonds is 9. The number of sulfone groups is 1. The molecule has 0 amide bonds. The minimum absolute atomic E-state index is 0.00916. The predicted octanol–water partition coefficient (Wildman–Crippen LogP) is 4.46. The number of hydrogen-bond acceptors (Lipinski definition) is 4. The van der Waals surface area contributed by atoms with Gasteiger partial charge in [-0.15, -0.1) is 0 Å². The fraction of sp³-hybridized carbons (Fsp3) is 0.200. The van der Waals surface area contributed by atoms with E-state index in [4.69, 9.17) is 0 Å². The topological polar surface area (TPSA) is 68.3 Å². The Kier molecular flexibility index (Phi) is 6.95. The van der Waals surface area contributed by atoms with Crippen LogP contribution < -0.4 is 0 Å². The van der Waals surface area contributed by atoms with Crippen LogP contribution in [0.4, 0.5) is 0 Å². The number of benzene rings is 3. The van der Waals surface area contributed by atoms with Crippen molar-refractivity contribution in [3.8, 4) is 0 Å². The minimum atomic E-state index is -3.66. The Hall–Kier alpha value is -3.05. The highest BCUT2D eigenvalue weighted by Gasteiger charge is 2.31. The molecule has 0 saturated heterocycles. The monoisotopic (exact) mass is 420 g/mol. The lowest BCUT2D eigenvalue weighted by Crippen LogP contribution is -2.31. The van der Waals surface area contributed by atoms with Crippen LogP contribution in [0.1, 0.15) is 40.2 Å². The van der Waals surface area contributed by atoms with Gasteiger partial charge in [0.2, 0.25) is 0 Å². The Labute approximate surface area is 177 Å². The molecule has 0 aliphatic rings. The lowest BCUT2D eigenvalue weighted by molar-refractivity contribution is -0.119. The second-order valence-electron chi connectivity index (χ2n) is 7.31. The van der Waals surface area contributed by atoms with Crippen molar-refractivity contribution >= 4 is 21.4 Å². The van der Waals surface area contributed by atoms with Crippen LogP contribution in [-0.2, 0) is 14.6 Å². The molecule has 0 fully saturated rings. The molecule has 1 atom stereocenters. The maximum atomic E-state index is 13.2. The second-order valence-corrected chi connectivity index (χ2v) is 9.54. The van der Waals surface area contributed by atoms with Crippen LogP contribution in [0.25, 0.3) is 0 Å². The highest BCUT2D eigenvalue weighted by Crippen LogP contribution is 2.28. The molecule has 0 aliphatic carbocycles. The van der Waals surface area contributed by atoms with Crippen molar-refractivity contribution in [2.75, 3.05) is 6.26 Å². The Bertz CT molecular complexity index is 1050. The van der Waals surface area contributed by atoms with Crippen LogP contribution >= 0.6 is 0 Å². The summed E-state index contributed by atoms with van der Waals surface area (Å²) in [5.41, 5.74) is 2.03. The molecule has 4 nitrogen and oxygen atoms in total. The van der Waals surface area contributed by atoms with Gasteiger partial charge in [0.25, 0.3) is 0 Å². The predicted molar refractivity (Wildman–Crippen MR) is 118 cm³/mol. The summed E-state index contributed by atoms with van der Waals surface area (Å²) >= 11 is 0. The van der Waals surface area contributed by atoms with Crippen molar-refractivity contribution in [2.45, 2.75) is 24.0 Å². The van der Waals surface area contributed by atoms with Gasteiger partial charge in [-0.2, -0.15) is 0 Å². The fourth-order valence-electron chi connectivity index (χ4n) is 3.60. The number of hydrogen-bond donors (Lipinski definition) is 0. The van der Waals surface area contributed by atoms with Gasteiger partial charge in [-0.05, 0) is 17.5 Å². The molecule has 5 heteroatoms. The zero-order chi connectivity index (χ0) is 21.6. The van der Waals surface area contributed by atoms with E-state index >= 15 is 0 Å². The van der Waals surface area contributed by atoms with Crippen molar-refractivity contribution in [1.82, 2.24) is 0 Å². The first-order chi connectivity index (χ1) is 14.4. The van der Waals surface area contributed by atoms with E-state index in [-0.39, 0.29) is 18.6 Å². The van der Waals surface area contributed by atoms with Crippen molar-refractivity contribution in [2.24, 2.45) is 0 Å². The van der Waals surface area contributed by atoms with Crippen molar-refractivity contribution in [3.63, 3.8) is 0 Å². The molecule has 3 aromatic carbocycles. The molecular formula is C25H24O4S. The molecule has 0 saturated carbocycles. The van der Waals surface area contributed by atoms with E-state index in [0.29, 0.717) is 5.56 Å². The molecule has 154 valence electrons. The Morgan fingerprint density at radius 1 is 0.733 bits per heavy atom. The van der Waals surface area contributed by atoms with Gasteiger partial charge in [0.05, 0.1) is 5.92 Å². The van der Waals surface area contributed by atoms with E-state index in [1.54, 1.807) is 30.3 Å². The van der Waals surface area contributed by atoms with E-state index in [9.17, 15) is 18.0 Å². The largest absolute Gasteiger partial charge is 0.299 e. The molecule has 0 bridgehead atoms. The van der Waals surface area contributed by atoms with Crippen LogP contribution in [0, 0.1) is 0 Å². The van der Waals surface area contributed by atoms with E-state index in [1.165, 1.54) is 0 Å². The van der Waals surface area contributed by atoms with Crippen LogP contribution in [-0.4, -0.2) is 31.5 Å². The van der Waals surface area contributed by atoms with E-state index in [1.807, 2.05) is 60.7 Å². The molecule has 0 spiro atoms. The standard InChI is InChI=1S/C25H24O4S/c1-30(28,29)23(25(27)21-15-9-4-10-16-21)18-17-22(26)24(19-11-5-2-6-12-19)20-13-7-3-8-14-20/h2-16,23-24H,17-18H2,1H3. The summed E-state index contributed by atoms with van der Waals surface area (Å²) in [5, 5.41) is -1.24. The lowest BCUT2D eigenvalue weighted by Gasteiger charge is -2.19. The maximum Gasteiger partial charge on any atom is 0.180 e. The molecular weight excluding hydrogens is 396 g/mol. The molecule has 0 aromatic heterocycles. The van der Waals surface area contributed by atoms with E-state index in [2.05, 4.69) is 0 Å². The maximum absolute atomic E-state index is 13.2. The first-order valence-corrected chi connectivity index (χ1v) is 11.7. The average molecular weight is 421 g/mol. The second kappa shape index (κ2) is 9.63. The third-order valence-electron chi connectivity index (χ3n) is 5.11. The molecule has 0 heterocycles. The number of Topliss-reactive ketones (excluding diaryl/α,β-unsaturated/α-hetero) is 2. The van der Waals surface area contributed by atoms with Gasteiger partial charge in [-0.3, -0.25) is 9.59 Å². The van der Waals surface area contributed by atoms with Crippen LogP contribution in [0.2, 0.25) is 0 Å². The molecule has 3 aromatic rings. The molecule has 0 aliphatic heterocycles. The molecule has 3 rings (SSSR count). The van der Waals surface area contributed by atoms with Gasteiger partial charge < -0.3 is 0 Å². The highest BCUT2D eigenvalue weighted by molar-refractivity contribution is 7.92. The van der Waals surface area contributed by atoms with Gasteiger partial charge in [0, 0.05) is 18.2 Å². The van der Waals surface area contributed by atoms with Crippen LogP contribution in [0.5, 0.6) is 0 Å². The third-order valence-corrected chi connectivity index (χ3v) is 6.59. The number of carbonyl (C=O) groups excluding carboxylic acids is 2. The Balaban J connectivity index is 1.85. The fourth-order valence-corrected chi connectivity index (χ4v) is 4.67. The summed E-state index contributed by atoms with van der Waals surface area (Å²) in [6.07, 6.45) is 1.00. The van der Waals surface area contributed by atoms with Crippen molar-refractivity contribution in [3.05, 3.63) is 108 Å². The zero-order valence-electron chi connectivity index (χ0n) is 16.8. The summed E-state index contributed by atoms with van der Waals surface area (Å²) < 4.78 is 24.7. The SMILES string of the molecule is CS(=O)(=O)C(CCC(=O)C(c1ccccc1)c1ccccc1)C(=O)c1ccccc1. The minimum Gasteiger partial charge on any atom is -0.299 e. The Morgan fingerprint density at radius 2 is 1.17 bits per heavy atom. The smallest absolute Gasteiger partial charge is 0.180 e. The normalized spacial score (nSPS) is 12.5. The summed E-state index contributed by atoms with van der Waals surface area (Å²) in [5.74, 6) is -1.08. The molecule has 30 heavy (non-hydrogen) atoms. The number of carbonyl (C=O) groups is 2. The Morgan fingerprint density at radius 3 is 1.60 bits per heavy atom. The first-order valence-electron chi connectivity index (χ1n) is 9.78. The van der Waals surface area contributed by atoms with Crippen molar-refractivity contribution < 1.29 is 18.0 Å². The molecule has 0 N–H and O–H groups in total. The summed E-state index contributed by atoms with van der Waals surface area (Å²) in [7, 11) is -3.66. The van der Waals surface area contributed by atoms with Gasteiger partial charge in [0.1, 0.15) is 11.0 Å². The zero-order valence-corrected chi connectivity index (χ0v) is 17.6. The lowest BCUT2D eigenvalue weighted by atomic mass is 9.85. The van der Waals surface area contributed by atoms with Gasteiger partial charge in [0.15, 0.2) is 15.6 Å². The summed E-state index contributed by atoms with van der Waals surface area (Å²) in [6, 6.07) is 27.1. The van der Waals surface area contributed by atoms with E-state index in [0.717, 1.165) is 17.4 Å². The van der Waals surface area contributed by atoms with Crippen LogP contribution in [0.15, 0.2) is 91.0 Å². The molecule has 1 unspecified atom stereocenters. The van der Waals surface area contributed by atoms with Gasteiger partial charge in [-0.1, -0.05) is 91.0 Å². The van der Waals surface area contributed by atoms with Gasteiger partial charge >= 0.3 is 0 Å². The van der Waals surface area contributed by atoms with Crippen molar-refractivity contribution in [1.29, 1.82) is 0 Å². The van der Waals surface area contributed by atoms with Gasteiger partial charge in [-0.25, -0.2) is 8.42 Å². The molecule has 0 radical (unpaired) electrons. The number of ketones is 2. The van der Waals surface area contributed by atoms with E-state index < -0.39 is 26.8 Å². The summed E-state index contributed by atoms with van der Waals surface area (Å²) in [4.78, 5) is 26.1. The summed E-state index contributed by atoms with van der Waals surface area (Å²) in [6.45, 7) is 0. The first kappa shape index (κ1) is 21.7. The quantitative estimate of drug-likeness (QED) is 0.479.